The van der Waals surface area contributed by atoms with Crippen LogP contribution in [0.1, 0.15) is 21.3 Å². The number of halogens is 2. The number of rotatable bonds is 4. The maximum Gasteiger partial charge on any atom is 0.251 e. The molecule has 0 heterocycles. The quantitative estimate of drug-likeness (QED) is 0.833. The van der Waals surface area contributed by atoms with E-state index in [9.17, 15) is 4.79 Å². The molecule has 2 aromatic rings. The summed E-state index contributed by atoms with van der Waals surface area (Å²) in [5.41, 5.74) is 1.62. The van der Waals surface area contributed by atoms with E-state index in [4.69, 9.17) is 11.6 Å². The summed E-state index contributed by atoms with van der Waals surface area (Å²) < 4.78 is 0.880. The summed E-state index contributed by atoms with van der Waals surface area (Å²) in [6.45, 7) is 0.400. The van der Waals surface area contributed by atoms with Crippen LogP contribution >= 0.6 is 27.5 Å². The molecule has 0 aliphatic heterocycles. The lowest BCUT2D eigenvalue weighted by molar-refractivity contribution is 0.0953. The van der Waals surface area contributed by atoms with Gasteiger partial charge in [-0.05, 0) is 23.8 Å². The molecule has 19 heavy (non-hydrogen) atoms. The van der Waals surface area contributed by atoms with Crippen LogP contribution < -0.4 is 5.32 Å². The molecule has 2 aromatic carbocycles. The molecule has 1 unspecified atom stereocenters. The van der Waals surface area contributed by atoms with Gasteiger partial charge in [0, 0.05) is 16.6 Å². The fourth-order valence-corrected chi connectivity index (χ4v) is 2.32. The van der Waals surface area contributed by atoms with E-state index in [2.05, 4.69) is 21.2 Å². The van der Waals surface area contributed by atoms with E-state index in [0.717, 1.165) is 10.0 Å². The number of hydrogen-bond acceptors (Lipinski definition) is 1. The number of hydrogen-bond donors (Lipinski definition) is 1. The van der Waals surface area contributed by atoms with Crippen LogP contribution in [-0.4, -0.2) is 12.5 Å². The van der Waals surface area contributed by atoms with E-state index in [1.165, 1.54) is 0 Å². The summed E-state index contributed by atoms with van der Waals surface area (Å²) in [5, 5.41) is 2.61. The maximum atomic E-state index is 11.9. The van der Waals surface area contributed by atoms with E-state index >= 15 is 0 Å². The van der Waals surface area contributed by atoms with Crippen molar-refractivity contribution >= 4 is 33.4 Å². The SMILES string of the molecule is O=C(NCC(Cl)c1ccccc1)c1cccc(Br)c1. The second-order valence-electron chi connectivity index (χ2n) is 4.10. The van der Waals surface area contributed by atoms with Gasteiger partial charge in [-0.2, -0.15) is 0 Å². The molecule has 0 fully saturated rings. The van der Waals surface area contributed by atoms with Gasteiger partial charge in [-0.3, -0.25) is 4.79 Å². The Morgan fingerprint density at radius 1 is 1.16 bits per heavy atom. The number of carbonyl (C=O) groups excluding carboxylic acids is 1. The van der Waals surface area contributed by atoms with Crippen molar-refractivity contribution in [2.45, 2.75) is 5.38 Å². The van der Waals surface area contributed by atoms with Crippen LogP contribution in [0.4, 0.5) is 0 Å². The predicted octanol–water partition coefficient (Wildman–Crippen LogP) is 4.16. The van der Waals surface area contributed by atoms with E-state index in [0.29, 0.717) is 12.1 Å². The van der Waals surface area contributed by atoms with Gasteiger partial charge in [0.1, 0.15) is 0 Å². The number of benzene rings is 2. The maximum absolute atomic E-state index is 11.9. The zero-order valence-electron chi connectivity index (χ0n) is 10.1. The molecule has 1 atom stereocenters. The average Bonchev–Trinajstić information content (AvgIpc) is 2.45. The van der Waals surface area contributed by atoms with E-state index in [1.54, 1.807) is 12.1 Å². The van der Waals surface area contributed by atoms with E-state index in [-0.39, 0.29) is 11.3 Å². The number of alkyl halides is 1. The van der Waals surface area contributed by atoms with Gasteiger partial charge in [0.05, 0.1) is 5.38 Å². The third-order valence-electron chi connectivity index (χ3n) is 2.69. The Balaban J connectivity index is 1.94. The fourth-order valence-electron chi connectivity index (χ4n) is 1.69. The van der Waals surface area contributed by atoms with Gasteiger partial charge in [0.2, 0.25) is 0 Å². The van der Waals surface area contributed by atoms with Gasteiger partial charge < -0.3 is 5.32 Å². The van der Waals surface area contributed by atoms with Crippen molar-refractivity contribution in [2.75, 3.05) is 6.54 Å². The molecule has 0 bridgehead atoms. The monoisotopic (exact) mass is 337 g/mol. The Kier molecular flexibility index (Phi) is 5.00. The molecule has 2 rings (SSSR count). The van der Waals surface area contributed by atoms with Crippen LogP contribution in [0.3, 0.4) is 0 Å². The van der Waals surface area contributed by atoms with Crippen molar-refractivity contribution in [3.05, 3.63) is 70.2 Å². The van der Waals surface area contributed by atoms with E-state index in [1.807, 2.05) is 42.5 Å². The smallest absolute Gasteiger partial charge is 0.251 e. The Bertz CT molecular complexity index is 559. The summed E-state index contributed by atoms with van der Waals surface area (Å²) in [4.78, 5) is 11.9. The van der Waals surface area contributed by atoms with Crippen LogP contribution in [0.15, 0.2) is 59.1 Å². The van der Waals surface area contributed by atoms with Crippen molar-refractivity contribution in [1.82, 2.24) is 5.32 Å². The van der Waals surface area contributed by atoms with Crippen LogP contribution in [0.5, 0.6) is 0 Å². The summed E-state index contributed by atoms with van der Waals surface area (Å²) in [6.07, 6.45) is 0. The highest BCUT2D eigenvalue weighted by Crippen LogP contribution is 2.19. The molecule has 2 nitrogen and oxygen atoms in total. The van der Waals surface area contributed by atoms with Crippen molar-refractivity contribution in [1.29, 1.82) is 0 Å². The Hall–Kier alpha value is -1.32. The first kappa shape index (κ1) is 14.1. The highest BCUT2D eigenvalue weighted by Gasteiger charge is 2.10. The molecule has 0 spiro atoms. The number of amides is 1. The molecule has 98 valence electrons. The van der Waals surface area contributed by atoms with Crippen LogP contribution in [-0.2, 0) is 0 Å². The first-order valence-corrected chi connectivity index (χ1v) is 7.12. The summed E-state index contributed by atoms with van der Waals surface area (Å²) in [7, 11) is 0. The van der Waals surface area contributed by atoms with Gasteiger partial charge in [-0.1, -0.05) is 52.3 Å². The molecule has 0 saturated carbocycles. The fraction of sp³-hybridized carbons (Fsp3) is 0.133. The lowest BCUT2D eigenvalue weighted by atomic mass is 10.1. The standard InChI is InChI=1S/C15H13BrClNO/c16-13-8-4-7-12(9-13)15(19)18-10-14(17)11-5-2-1-3-6-11/h1-9,14H,10H2,(H,18,19). The molecule has 0 radical (unpaired) electrons. The van der Waals surface area contributed by atoms with Gasteiger partial charge in [0.25, 0.3) is 5.91 Å². The number of carbonyl (C=O) groups is 1. The number of nitrogens with one attached hydrogen (secondary N) is 1. The largest absolute Gasteiger partial charge is 0.350 e. The summed E-state index contributed by atoms with van der Waals surface area (Å²) in [6, 6.07) is 17.0. The second-order valence-corrected chi connectivity index (χ2v) is 5.54. The van der Waals surface area contributed by atoms with Gasteiger partial charge in [-0.25, -0.2) is 0 Å². The molecule has 1 N–H and O–H groups in total. The highest BCUT2D eigenvalue weighted by atomic mass is 79.9. The van der Waals surface area contributed by atoms with Gasteiger partial charge >= 0.3 is 0 Å². The molecular weight excluding hydrogens is 326 g/mol. The molecular formula is C15H13BrClNO. The van der Waals surface area contributed by atoms with Gasteiger partial charge in [-0.15, -0.1) is 11.6 Å². The average molecular weight is 339 g/mol. The zero-order valence-corrected chi connectivity index (χ0v) is 12.5. The molecule has 0 saturated heterocycles. The highest BCUT2D eigenvalue weighted by molar-refractivity contribution is 9.10. The summed E-state index contributed by atoms with van der Waals surface area (Å²) >= 11 is 9.59. The topological polar surface area (TPSA) is 29.1 Å². The zero-order chi connectivity index (χ0) is 13.7. The normalized spacial score (nSPS) is 11.9. The van der Waals surface area contributed by atoms with Crippen LogP contribution in [0, 0.1) is 0 Å². The third-order valence-corrected chi connectivity index (χ3v) is 3.59. The third kappa shape index (κ3) is 4.08. The van der Waals surface area contributed by atoms with Crippen molar-refractivity contribution in [3.8, 4) is 0 Å². The predicted molar refractivity (Wildman–Crippen MR) is 81.5 cm³/mol. The molecule has 1 amide bonds. The Morgan fingerprint density at radius 2 is 1.89 bits per heavy atom. The van der Waals surface area contributed by atoms with Crippen molar-refractivity contribution in [2.24, 2.45) is 0 Å². The van der Waals surface area contributed by atoms with Crippen molar-refractivity contribution < 1.29 is 4.79 Å². The van der Waals surface area contributed by atoms with E-state index < -0.39 is 0 Å². The molecule has 0 aromatic heterocycles. The molecule has 4 heteroatoms. The summed E-state index contributed by atoms with van der Waals surface area (Å²) in [5.74, 6) is -0.122. The Labute approximate surface area is 125 Å². The minimum Gasteiger partial charge on any atom is -0.350 e. The first-order valence-electron chi connectivity index (χ1n) is 5.89. The molecule has 0 aliphatic rings. The minimum absolute atomic E-state index is 0.122. The lowest BCUT2D eigenvalue weighted by Crippen LogP contribution is -2.26. The minimum atomic E-state index is -0.225. The van der Waals surface area contributed by atoms with Crippen molar-refractivity contribution in [3.63, 3.8) is 0 Å². The van der Waals surface area contributed by atoms with Gasteiger partial charge in [0.15, 0.2) is 0 Å². The lowest BCUT2D eigenvalue weighted by Gasteiger charge is -2.11. The molecule has 0 aliphatic carbocycles. The Morgan fingerprint density at radius 3 is 2.58 bits per heavy atom. The first-order chi connectivity index (χ1) is 9.16. The second kappa shape index (κ2) is 6.73. The van der Waals surface area contributed by atoms with Crippen LogP contribution in [0.2, 0.25) is 0 Å². The van der Waals surface area contributed by atoms with Crippen LogP contribution in [0.25, 0.3) is 0 Å².